The van der Waals surface area contributed by atoms with E-state index in [9.17, 15) is 9.59 Å². The molecule has 0 unspecified atom stereocenters. The van der Waals surface area contributed by atoms with E-state index in [0.717, 1.165) is 12.5 Å². The quantitative estimate of drug-likeness (QED) is 0.447. The van der Waals surface area contributed by atoms with Crippen LogP contribution in [0, 0.1) is 12.3 Å². The molecule has 0 aromatic rings. The van der Waals surface area contributed by atoms with Gasteiger partial charge in [-0.15, -0.1) is 6.42 Å². The van der Waals surface area contributed by atoms with Crippen LogP contribution >= 0.6 is 0 Å². The van der Waals surface area contributed by atoms with Gasteiger partial charge >= 0.3 is 12.3 Å². The third-order valence-corrected chi connectivity index (χ3v) is 2.38. The standard InChI is InChI=1S/C14H14O6/c1-4-10-7-11(19-13(15)17-5-2)9-12(8-10)20-14(16)18-6-3/h1,5-7,11-12H,2-3,8-9H2/t11-,12+/m1/s1. The zero-order chi connectivity index (χ0) is 15.0. The van der Waals surface area contributed by atoms with Gasteiger partial charge in [-0.05, 0) is 6.08 Å². The number of hydrogen-bond donors (Lipinski definition) is 0. The normalized spacial score (nSPS) is 20.6. The molecular formula is C14H14O6. The number of ether oxygens (including phenoxy) is 4. The lowest BCUT2D eigenvalue weighted by atomic mass is 9.95. The molecule has 0 aliphatic heterocycles. The summed E-state index contributed by atoms with van der Waals surface area (Å²) < 4.78 is 18.9. The molecular weight excluding hydrogens is 264 g/mol. The van der Waals surface area contributed by atoms with Gasteiger partial charge in [0.2, 0.25) is 0 Å². The van der Waals surface area contributed by atoms with Crippen LogP contribution in [0.5, 0.6) is 0 Å². The third kappa shape index (κ3) is 4.90. The summed E-state index contributed by atoms with van der Waals surface area (Å²) in [7, 11) is 0. The van der Waals surface area contributed by atoms with E-state index in [2.05, 4.69) is 28.6 Å². The lowest BCUT2D eigenvalue weighted by molar-refractivity contribution is 0.00900. The molecule has 0 bridgehead atoms. The molecule has 0 N–H and O–H groups in total. The highest BCUT2D eigenvalue weighted by molar-refractivity contribution is 5.62. The van der Waals surface area contributed by atoms with Crippen molar-refractivity contribution in [1.82, 2.24) is 0 Å². The molecule has 0 aromatic heterocycles. The number of terminal acetylenes is 1. The molecule has 1 aliphatic carbocycles. The maximum Gasteiger partial charge on any atom is 0.513 e. The van der Waals surface area contributed by atoms with Crippen molar-refractivity contribution in [3.63, 3.8) is 0 Å². The molecule has 0 radical (unpaired) electrons. The molecule has 0 aromatic carbocycles. The molecule has 0 heterocycles. The average Bonchev–Trinajstić information content (AvgIpc) is 2.38. The van der Waals surface area contributed by atoms with Crippen molar-refractivity contribution in [1.29, 1.82) is 0 Å². The summed E-state index contributed by atoms with van der Waals surface area (Å²) in [4.78, 5) is 22.4. The summed E-state index contributed by atoms with van der Waals surface area (Å²) in [6.07, 6.45) is 6.41. The summed E-state index contributed by atoms with van der Waals surface area (Å²) in [5.41, 5.74) is 0.559. The number of carbonyl (C=O) groups is 2. The highest BCUT2D eigenvalue weighted by Gasteiger charge is 2.28. The van der Waals surface area contributed by atoms with Crippen molar-refractivity contribution in [3.05, 3.63) is 37.3 Å². The van der Waals surface area contributed by atoms with E-state index < -0.39 is 24.5 Å². The molecule has 0 fully saturated rings. The van der Waals surface area contributed by atoms with Gasteiger partial charge in [0.1, 0.15) is 12.2 Å². The molecule has 0 amide bonds. The van der Waals surface area contributed by atoms with E-state index in [1.54, 1.807) is 6.08 Å². The summed E-state index contributed by atoms with van der Waals surface area (Å²) in [6, 6.07) is 0. The predicted molar refractivity (Wildman–Crippen MR) is 69.3 cm³/mol. The van der Waals surface area contributed by atoms with Crippen LogP contribution in [0.2, 0.25) is 0 Å². The largest absolute Gasteiger partial charge is 0.513 e. The first kappa shape index (κ1) is 15.4. The van der Waals surface area contributed by atoms with Crippen molar-refractivity contribution in [2.75, 3.05) is 0 Å². The second-order valence-corrected chi connectivity index (χ2v) is 3.74. The SMILES string of the molecule is C#CC1=C[C@@H](OC(=O)OC=C)C[C@@H](OC(=O)OC=C)C1. The van der Waals surface area contributed by atoms with Crippen molar-refractivity contribution >= 4 is 12.3 Å². The maximum absolute atomic E-state index is 11.2. The Morgan fingerprint density at radius 1 is 1.25 bits per heavy atom. The van der Waals surface area contributed by atoms with E-state index in [1.807, 2.05) is 0 Å². The predicted octanol–water partition coefficient (Wildman–Crippen LogP) is 2.67. The highest BCUT2D eigenvalue weighted by Crippen LogP contribution is 2.23. The Labute approximate surface area is 116 Å². The molecule has 106 valence electrons. The van der Waals surface area contributed by atoms with Gasteiger partial charge in [0.25, 0.3) is 0 Å². The summed E-state index contributed by atoms with van der Waals surface area (Å²) >= 11 is 0. The summed E-state index contributed by atoms with van der Waals surface area (Å²) in [6.45, 7) is 6.47. The minimum Gasteiger partial charge on any atom is -0.430 e. The van der Waals surface area contributed by atoms with Gasteiger partial charge < -0.3 is 18.9 Å². The number of rotatable bonds is 4. The first-order valence-corrected chi connectivity index (χ1v) is 5.72. The monoisotopic (exact) mass is 278 g/mol. The van der Waals surface area contributed by atoms with Gasteiger partial charge in [-0.25, -0.2) is 9.59 Å². The fourth-order valence-electron chi connectivity index (χ4n) is 1.68. The Morgan fingerprint density at radius 3 is 2.40 bits per heavy atom. The van der Waals surface area contributed by atoms with Crippen molar-refractivity contribution in [2.24, 2.45) is 0 Å². The van der Waals surface area contributed by atoms with Crippen LogP contribution in [0.1, 0.15) is 12.8 Å². The molecule has 0 saturated carbocycles. The van der Waals surface area contributed by atoms with Crippen molar-refractivity contribution in [2.45, 2.75) is 25.0 Å². The number of hydrogen-bond acceptors (Lipinski definition) is 6. The minimum atomic E-state index is -0.910. The van der Waals surface area contributed by atoms with Gasteiger partial charge in [0.15, 0.2) is 0 Å². The van der Waals surface area contributed by atoms with Crippen LogP contribution < -0.4 is 0 Å². The molecule has 2 atom stereocenters. The zero-order valence-corrected chi connectivity index (χ0v) is 10.7. The van der Waals surface area contributed by atoms with Crippen LogP contribution in [-0.4, -0.2) is 24.5 Å². The zero-order valence-electron chi connectivity index (χ0n) is 10.7. The molecule has 1 rings (SSSR count). The fourth-order valence-corrected chi connectivity index (χ4v) is 1.68. The Morgan fingerprint density at radius 2 is 1.85 bits per heavy atom. The van der Waals surface area contributed by atoms with Gasteiger partial charge in [-0.3, -0.25) is 0 Å². The third-order valence-electron chi connectivity index (χ3n) is 2.38. The van der Waals surface area contributed by atoms with Gasteiger partial charge in [0.05, 0.1) is 12.5 Å². The summed E-state index contributed by atoms with van der Waals surface area (Å²) in [5.74, 6) is 2.43. The Kier molecular flexibility index (Phi) is 5.91. The Hall–Kier alpha value is -2.68. The van der Waals surface area contributed by atoms with Gasteiger partial charge in [0, 0.05) is 18.4 Å². The topological polar surface area (TPSA) is 71.1 Å². The lowest BCUT2D eigenvalue weighted by Crippen LogP contribution is -2.30. The van der Waals surface area contributed by atoms with Crippen molar-refractivity contribution < 1.29 is 28.5 Å². The lowest BCUT2D eigenvalue weighted by Gasteiger charge is -2.25. The minimum absolute atomic E-state index is 0.254. The summed E-state index contributed by atoms with van der Waals surface area (Å²) in [5, 5.41) is 0. The second kappa shape index (κ2) is 7.69. The van der Waals surface area contributed by atoms with Crippen LogP contribution in [0.3, 0.4) is 0 Å². The van der Waals surface area contributed by atoms with E-state index >= 15 is 0 Å². The molecule has 6 heteroatoms. The van der Waals surface area contributed by atoms with E-state index in [1.165, 1.54) is 0 Å². The maximum atomic E-state index is 11.2. The molecule has 20 heavy (non-hydrogen) atoms. The van der Waals surface area contributed by atoms with Crippen LogP contribution in [0.15, 0.2) is 37.3 Å². The highest BCUT2D eigenvalue weighted by atomic mass is 16.7. The van der Waals surface area contributed by atoms with E-state index in [-0.39, 0.29) is 6.42 Å². The van der Waals surface area contributed by atoms with Gasteiger partial charge in [-0.2, -0.15) is 0 Å². The Bertz CT molecular complexity index is 471. The fraction of sp³-hybridized carbons (Fsp3) is 0.286. The molecule has 0 saturated heterocycles. The second-order valence-electron chi connectivity index (χ2n) is 3.74. The smallest absolute Gasteiger partial charge is 0.430 e. The van der Waals surface area contributed by atoms with Crippen LogP contribution in [-0.2, 0) is 18.9 Å². The molecule has 1 aliphatic rings. The van der Waals surface area contributed by atoms with E-state index in [4.69, 9.17) is 15.9 Å². The number of carbonyl (C=O) groups excluding carboxylic acids is 2. The van der Waals surface area contributed by atoms with Gasteiger partial charge in [-0.1, -0.05) is 19.1 Å². The van der Waals surface area contributed by atoms with Crippen LogP contribution in [0.25, 0.3) is 0 Å². The Balaban J connectivity index is 2.65. The molecule has 6 nitrogen and oxygen atoms in total. The average molecular weight is 278 g/mol. The molecule has 0 spiro atoms. The van der Waals surface area contributed by atoms with Crippen LogP contribution in [0.4, 0.5) is 9.59 Å². The first-order valence-electron chi connectivity index (χ1n) is 5.72. The van der Waals surface area contributed by atoms with Crippen molar-refractivity contribution in [3.8, 4) is 12.3 Å². The van der Waals surface area contributed by atoms with E-state index in [0.29, 0.717) is 12.0 Å². The first-order chi connectivity index (χ1) is 9.58.